The first-order valence-corrected chi connectivity index (χ1v) is 21.0. The van der Waals surface area contributed by atoms with E-state index in [-0.39, 0.29) is 0 Å². The SMILES string of the molecule is c1ccc(-c2cccc(-c3ccc(-c4cc5c6ccccc6n(-c6ccccc6)c5c5c4c4ccccc4n5-c4nc(-c5ccccc5)nc(-c5ccccc5)n4)cc3)c2)cc1. The molecule has 12 rings (SSSR count). The smallest absolute Gasteiger partial charge is 0.238 e. The minimum absolute atomic E-state index is 0.556. The van der Waals surface area contributed by atoms with Crippen molar-refractivity contribution in [2.45, 2.75) is 0 Å². The molecule has 0 saturated carbocycles. The van der Waals surface area contributed by atoms with E-state index in [1.165, 1.54) is 27.6 Å². The maximum atomic E-state index is 5.34. The molecule has 0 fully saturated rings. The molecule has 290 valence electrons. The van der Waals surface area contributed by atoms with Crippen molar-refractivity contribution in [1.29, 1.82) is 0 Å². The molecule has 5 heteroatoms. The van der Waals surface area contributed by atoms with Gasteiger partial charge >= 0.3 is 0 Å². The van der Waals surface area contributed by atoms with Gasteiger partial charge in [-0.2, -0.15) is 9.97 Å². The van der Waals surface area contributed by atoms with Crippen LogP contribution >= 0.6 is 0 Å². The molecule has 0 N–H and O–H groups in total. The van der Waals surface area contributed by atoms with Crippen LogP contribution in [0.1, 0.15) is 0 Å². The van der Waals surface area contributed by atoms with Gasteiger partial charge in [0.15, 0.2) is 11.6 Å². The van der Waals surface area contributed by atoms with Crippen LogP contribution in [-0.2, 0) is 0 Å². The van der Waals surface area contributed by atoms with E-state index >= 15 is 0 Å². The van der Waals surface area contributed by atoms with Gasteiger partial charge in [0.25, 0.3) is 0 Å². The van der Waals surface area contributed by atoms with Gasteiger partial charge in [0, 0.05) is 38.4 Å². The molecule has 3 aromatic heterocycles. The second-order valence-electron chi connectivity index (χ2n) is 15.6. The minimum atomic E-state index is 0.556. The predicted octanol–water partition coefficient (Wildman–Crippen LogP) is 14.4. The third kappa shape index (κ3) is 5.90. The number of hydrogen-bond acceptors (Lipinski definition) is 3. The van der Waals surface area contributed by atoms with Crippen molar-refractivity contribution in [2.75, 3.05) is 0 Å². The molecule has 5 nitrogen and oxygen atoms in total. The quantitative estimate of drug-likeness (QED) is 0.162. The predicted molar refractivity (Wildman–Crippen MR) is 256 cm³/mol. The Morgan fingerprint density at radius 1 is 0.290 bits per heavy atom. The molecule has 0 saturated heterocycles. The zero-order valence-corrected chi connectivity index (χ0v) is 33.6. The van der Waals surface area contributed by atoms with Gasteiger partial charge in [-0.05, 0) is 69.8 Å². The van der Waals surface area contributed by atoms with Crippen LogP contribution in [0.5, 0.6) is 0 Å². The molecule has 9 aromatic carbocycles. The lowest BCUT2D eigenvalue weighted by Crippen LogP contribution is -2.07. The highest BCUT2D eigenvalue weighted by molar-refractivity contribution is 6.28. The van der Waals surface area contributed by atoms with Crippen LogP contribution in [0.2, 0.25) is 0 Å². The highest BCUT2D eigenvalue weighted by Gasteiger charge is 2.26. The molecule has 0 atom stereocenters. The number of hydrogen-bond donors (Lipinski definition) is 0. The third-order valence-electron chi connectivity index (χ3n) is 12.0. The second-order valence-corrected chi connectivity index (χ2v) is 15.6. The highest BCUT2D eigenvalue weighted by Crippen LogP contribution is 2.46. The van der Waals surface area contributed by atoms with Crippen molar-refractivity contribution in [3.8, 4) is 67.8 Å². The largest absolute Gasteiger partial charge is 0.307 e. The maximum Gasteiger partial charge on any atom is 0.238 e. The van der Waals surface area contributed by atoms with E-state index in [2.05, 4.69) is 197 Å². The van der Waals surface area contributed by atoms with E-state index in [1.807, 2.05) is 36.4 Å². The standard InChI is InChI=1S/C57H37N5/c1-5-18-38(19-6-1)43-24-17-25-44(36-43)39-32-34-40(35-33-39)48-37-49-46-28-13-15-30-50(46)61(45-26-11-4-12-27-45)53(49)54-52(48)47-29-14-16-31-51(47)62(54)57-59-55(41-20-7-2-8-21-41)58-56(60-57)42-22-9-3-10-23-42/h1-37H. The normalized spacial score (nSPS) is 11.5. The Labute approximate surface area is 358 Å². The summed E-state index contributed by atoms with van der Waals surface area (Å²) in [5.74, 6) is 1.78. The summed E-state index contributed by atoms with van der Waals surface area (Å²) in [4.78, 5) is 15.8. The maximum absolute atomic E-state index is 5.34. The van der Waals surface area contributed by atoms with Crippen molar-refractivity contribution in [1.82, 2.24) is 24.1 Å². The van der Waals surface area contributed by atoms with E-state index in [0.29, 0.717) is 17.6 Å². The zero-order chi connectivity index (χ0) is 41.0. The molecule has 0 amide bonds. The molecule has 0 aliphatic carbocycles. The number of para-hydroxylation sites is 3. The first-order chi connectivity index (χ1) is 30.8. The van der Waals surface area contributed by atoms with Gasteiger partial charge in [-0.25, -0.2) is 4.98 Å². The van der Waals surface area contributed by atoms with Crippen LogP contribution in [0.25, 0.3) is 111 Å². The van der Waals surface area contributed by atoms with Crippen LogP contribution < -0.4 is 0 Å². The van der Waals surface area contributed by atoms with Crippen molar-refractivity contribution in [2.24, 2.45) is 0 Å². The summed E-state index contributed by atoms with van der Waals surface area (Å²) in [7, 11) is 0. The van der Waals surface area contributed by atoms with Crippen molar-refractivity contribution in [3.05, 3.63) is 224 Å². The lowest BCUT2D eigenvalue weighted by Gasteiger charge is -2.15. The molecule has 0 bridgehead atoms. The van der Waals surface area contributed by atoms with E-state index in [9.17, 15) is 0 Å². The number of fused-ring (bicyclic) bond motifs is 7. The number of nitrogens with zero attached hydrogens (tertiary/aromatic N) is 5. The van der Waals surface area contributed by atoms with Crippen LogP contribution in [0.4, 0.5) is 0 Å². The van der Waals surface area contributed by atoms with Gasteiger partial charge in [0.05, 0.1) is 22.1 Å². The average Bonchev–Trinajstić information content (AvgIpc) is 3.88. The van der Waals surface area contributed by atoms with Gasteiger partial charge in [-0.15, -0.1) is 0 Å². The monoisotopic (exact) mass is 791 g/mol. The van der Waals surface area contributed by atoms with Gasteiger partial charge in [-0.1, -0.05) is 188 Å². The summed E-state index contributed by atoms with van der Waals surface area (Å²) in [6.07, 6.45) is 0. The summed E-state index contributed by atoms with van der Waals surface area (Å²) in [6.45, 7) is 0. The Hall–Kier alpha value is -8.41. The molecule has 0 radical (unpaired) electrons. The first-order valence-electron chi connectivity index (χ1n) is 21.0. The molecule has 0 spiro atoms. The zero-order valence-electron chi connectivity index (χ0n) is 33.6. The summed E-state index contributed by atoms with van der Waals surface area (Å²) >= 11 is 0. The Morgan fingerprint density at radius 2 is 0.758 bits per heavy atom. The molecule has 12 aromatic rings. The molecule has 0 unspecified atom stereocenters. The highest BCUT2D eigenvalue weighted by atomic mass is 15.2. The van der Waals surface area contributed by atoms with Crippen LogP contribution in [0.3, 0.4) is 0 Å². The van der Waals surface area contributed by atoms with E-state index in [4.69, 9.17) is 15.0 Å². The van der Waals surface area contributed by atoms with E-state index in [1.54, 1.807) is 0 Å². The third-order valence-corrected chi connectivity index (χ3v) is 12.0. The Kier molecular flexibility index (Phi) is 8.42. The fourth-order valence-corrected chi connectivity index (χ4v) is 9.13. The molecular formula is C57H37N5. The van der Waals surface area contributed by atoms with Crippen LogP contribution in [0.15, 0.2) is 224 Å². The fourth-order valence-electron chi connectivity index (χ4n) is 9.13. The first kappa shape index (κ1) is 35.5. The Morgan fingerprint density at radius 3 is 1.37 bits per heavy atom. The molecule has 62 heavy (non-hydrogen) atoms. The van der Waals surface area contributed by atoms with Gasteiger partial charge in [0.2, 0.25) is 5.95 Å². The topological polar surface area (TPSA) is 48.5 Å². The van der Waals surface area contributed by atoms with Crippen molar-refractivity contribution in [3.63, 3.8) is 0 Å². The van der Waals surface area contributed by atoms with Crippen LogP contribution in [0, 0.1) is 0 Å². The van der Waals surface area contributed by atoms with Crippen LogP contribution in [-0.4, -0.2) is 24.1 Å². The van der Waals surface area contributed by atoms with Crippen molar-refractivity contribution < 1.29 is 0 Å². The summed E-state index contributed by atoms with van der Waals surface area (Å²) < 4.78 is 4.69. The lowest BCUT2D eigenvalue weighted by atomic mass is 9.94. The van der Waals surface area contributed by atoms with Gasteiger partial charge < -0.3 is 4.57 Å². The van der Waals surface area contributed by atoms with E-state index < -0.39 is 0 Å². The van der Waals surface area contributed by atoms with E-state index in [0.717, 1.165) is 66.2 Å². The number of aromatic nitrogens is 5. The minimum Gasteiger partial charge on any atom is -0.307 e. The van der Waals surface area contributed by atoms with Crippen molar-refractivity contribution >= 4 is 43.6 Å². The molecule has 0 aliphatic rings. The lowest BCUT2D eigenvalue weighted by molar-refractivity contribution is 0.953. The average molecular weight is 792 g/mol. The summed E-state index contributed by atoms with van der Waals surface area (Å²) in [6, 6.07) is 79.3. The molecule has 0 aliphatic heterocycles. The Bertz CT molecular complexity index is 3540. The fraction of sp³-hybridized carbons (Fsp3) is 0. The molecule has 3 heterocycles. The van der Waals surface area contributed by atoms with Gasteiger partial charge in [-0.3, -0.25) is 4.57 Å². The Balaban J connectivity index is 1.18. The summed E-state index contributed by atoms with van der Waals surface area (Å²) in [5.41, 5.74) is 14.2. The number of benzene rings is 9. The second kappa shape index (κ2) is 14.7. The molecular weight excluding hydrogens is 755 g/mol. The van der Waals surface area contributed by atoms with Gasteiger partial charge in [0.1, 0.15) is 0 Å². The number of rotatable bonds is 7. The summed E-state index contributed by atoms with van der Waals surface area (Å²) in [5, 5.41) is 4.57.